The maximum absolute atomic E-state index is 11.5. The molecule has 2 aromatic carbocycles. The molecule has 0 spiro atoms. The van der Waals surface area contributed by atoms with Gasteiger partial charge in [-0.15, -0.1) is 0 Å². The van der Waals surface area contributed by atoms with E-state index in [4.69, 9.17) is 16.3 Å². The van der Waals surface area contributed by atoms with Crippen molar-refractivity contribution >= 4 is 29.2 Å². The quantitative estimate of drug-likeness (QED) is 0.652. The lowest BCUT2D eigenvalue weighted by atomic mass is 9.78. The van der Waals surface area contributed by atoms with Crippen LogP contribution in [0.1, 0.15) is 19.4 Å². The van der Waals surface area contributed by atoms with Crippen LogP contribution in [0.3, 0.4) is 0 Å². The first-order chi connectivity index (χ1) is 12.2. The Bertz CT molecular complexity index is 853. The first-order valence-electron chi connectivity index (χ1n) is 8.40. The molecule has 0 aromatic heterocycles. The first kappa shape index (κ1) is 18.5. The predicted molar refractivity (Wildman–Crippen MR) is 108 cm³/mol. The van der Waals surface area contributed by atoms with Crippen LogP contribution in [0.2, 0.25) is 5.02 Å². The number of likely N-dealkylation sites (N-methyl/N-ethyl adjacent to an activating group) is 1. The summed E-state index contributed by atoms with van der Waals surface area (Å²) in [6.07, 6.45) is 1.58. The van der Waals surface area contributed by atoms with Crippen molar-refractivity contribution in [2.45, 2.75) is 25.0 Å². The first-order valence-corrected chi connectivity index (χ1v) is 8.78. The Morgan fingerprint density at radius 3 is 2.62 bits per heavy atom. The molecule has 5 nitrogen and oxygen atoms in total. The fourth-order valence-corrected chi connectivity index (χ4v) is 3.65. The minimum atomic E-state index is -1.30. The summed E-state index contributed by atoms with van der Waals surface area (Å²) in [6.45, 7) is 3.97. The number of ether oxygens (including phenoxy) is 1. The van der Waals surface area contributed by atoms with E-state index in [1.165, 1.54) is 0 Å². The fourth-order valence-electron chi connectivity index (χ4n) is 3.48. The lowest BCUT2D eigenvalue weighted by molar-refractivity contribution is 0.0585. The number of fused-ring (bicyclic) bond motifs is 1. The highest BCUT2D eigenvalue weighted by Crippen LogP contribution is 2.49. The number of halogens is 1. The van der Waals surface area contributed by atoms with Gasteiger partial charge in [0.05, 0.1) is 13.3 Å². The van der Waals surface area contributed by atoms with Gasteiger partial charge >= 0.3 is 0 Å². The minimum absolute atomic E-state index is 0.590. The van der Waals surface area contributed by atoms with Gasteiger partial charge in [0.2, 0.25) is 0 Å². The average Bonchev–Trinajstić information content (AvgIpc) is 2.78. The predicted octanol–water partition coefficient (Wildman–Crippen LogP) is 3.89. The second kappa shape index (κ2) is 6.49. The minimum Gasteiger partial charge on any atom is -0.495 e. The van der Waals surface area contributed by atoms with E-state index >= 15 is 0 Å². The summed E-state index contributed by atoms with van der Waals surface area (Å²) in [4.78, 5) is 1.83. The van der Waals surface area contributed by atoms with E-state index in [2.05, 4.69) is 5.10 Å². The van der Waals surface area contributed by atoms with Crippen molar-refractivity contribution < 1.29 is 9.84 Å². The van der Waals surface area contributed by atoms with Crippen LogP contribution in [0, 0.1) is 0 Å². The Labute approximate surface area is 159 Å². The Hall–Kier alpha value is -2.24. The van der Waals surface area contributed by atoms with Crippen LogP contribution in [0.15, 0.2) is 47.6 Å². The number of aliphatic hydroxyl groups is 1. The number of hydrogen-bond acceptors (Lipinski definition) is 5. The van der Waals surface area contributed by atoms with Crippen molar-refractivity contribution in [2.75, 3.05) is 31.1 Å². The van der Waals surface area contributed by atoms with Crippen LogP contribution in [0.25, 0.3) is 0 Å². The van der Waals surface area contributed by atoms with Crippen LogP contribution >= 0.6 is 11.6 Å². The third kappa shape index (κ3) is 2.72. The lowest BCUT2D eigenvalue weighted by Crippen LogP contribution is -2.56. The second-order valence-electron chi connectivity index (χ2n) is 7.01. The van der Waals surface area contributed by atoms with Gasteiger partial charge in [-0.3, -0.25) is 5.01 Å². The summed E-state index contributed by atoms with van der Waals surface area (Å²) in [5.41, 5.74) is 0.854. The zero-order valence-electron chi connectivity index (χ0n) is 15.7. The monoisotopic (exact) mass is 373 g/mol. The highest BCUT2D eigenvalue weighted by atomic mass is 35.5. The van der Waals surface area contributed by atoms with Crippen molar-refractivity contribution in [3.05, 3.63) is 53.1 Å². The van der Waals surface area contributed by atoms with Gasteiger partial charge in [0, 0.05) is 30.2 Å². The van der Waals surface area contributed by atoms with Crippen LogP contribution in [-0.4, -0.2) is 38.3 Å². The molecule has 0 amide bonds. The number of hydrazone groups is 1. The van der Waals surface area contributed by atoms with E-state index in [1.807, 2.05) is 75.3 Å². The number of hydrogen-bond donors (Lipinski definition) is 1. The Balaban J connectivity index is 1.97. The number of benzene rings is 2. The molecule has 138 valence electrons. The van der Waals surface area contributed by atoms with Crippen molar-refractivity contribution in [3.63, 3.8) is 0 Å². The molecule has 0 radical (unpaired) electrons. The SMILES string of the molecule is COc1ccccc1N(C)/N=C/C1(O)N(C)c2ccc(Cl)cc2C1(C)C. The molecule has 0 fully saturated rings. The van der Waals surface area contributed by atoms with Gasteiger partial charge in [0.15, 0.2) is 5.72 Å². The van der Waals surface area contributed by atoms with Crippen LogP contribution < -0.4 is 14.6 Å². The van der Waals surface area contributed by atoms with Crippen LogP contribution in [0.5, 0.6) is 5.75 Å². The molecular formula is C20H24ClN3O2. The van der Waals surface area contributed by atoms with Crippen LogP contribution in [-0.2, 0) is 5.41 Å². The smallest absolute Gasteiger partial charge is 0.185 e. The molecule has 1 atom stereocenters. The number of anilines is 2. The van der Waals surface area contributed by atoms with Gasteiger partial charge < -0.3 is 14.7 Å². The van der Waals surface area contributed by atoms with Crippen molar-refractivity contribution in [2.24, 2.45) is 5.10 Å². The topological polar surface area (TPSA) is 48.3 Å². The lowest BCUT2D eigenvalue weighted by Gasteiger charge is -2.38. The fraction of sp³-hybridized carbons (Fsp3) is 0.350. The van der Waals surface area contributed by atoms with Crippen LogP contribution in [0.4, 0.5) is 11.4 Å². The highest BCUT2D eigenvalue weighted by Gasteiger charge is 2.54. The molecule has 1 heterocycles. The standard InChI is InChI=1S/C20H24ClN3O2/c1-19(2)15-12-14(21)10-11-16(15)23(3)20(19,25)13-22-24(4)17-8-6-7-9-18(17)26-5/h6-13,25H,1-5H3/b22-13+. The average molecular weight is 374 g/mol. The molecule has 1 unspecified atom stereocenters. The molecular weight excluding hydrogens is 350 g/mol. The molecule has 1 aliphatic rings. The molecule has 1 N–H and O–H groups in total. The van der Waals surface area contributed by atoms with Gasteiger partial charge in [-0.2, -0.15) is 5.10 Å². The Morgan fingerprint density at radius 2 is 1.92 bits per heavy atom. The van der Waals surface area contributed by atoms with Gasteiger partial charge in [0.25, 0.3) is 0 Å². The maximum atomic E-state index is 11.5. The number of methoxy groups -OCH3 is 1. The highest BCUT2D eigenvalue weighted by molar-refractivity contribution is 6.30. The number of nitrogens with zero attached hydrogens (tertiary/aromatic N) is 3. The molecule has 0 aliphatic carbocycles. The van der Waals surface area contributed by atoms with E-state index in [9.17, 15) is 5.11 Å². The van der Waals surface area contributed by atoms with Gasteiger partial charge in [-0.05, 0) is 35.9 Å². The Kier molecular flexibility index (Phi) is 4.63. The van der Waals surface area contributed by atoms with E-state index in [0.29, 0.717) is 10.8 Å². The summed E-state index contributed by atoms with van der Waals surface area (Å²) in [5.74, 6) is 0.716. The largest absolute Gasteiger partial charge is 0.495 e. The van der Waals surface area contributed by atoms with Gasteiger partial charge in [-0.25, -0.2) is 0 Å². The second-order valence-corrected chi connectivity index (χ2v) is 7.45. The molecule has 0 bridgehead atoms. The summed E-state index contributed by atoms with van der Waals surface area (Å²) in [6, 6.07) is 13.3. The maximum Gasteiger partial charge on any atom is 0.185 e. The van der Waals surface area contributed by atoms with E-state index in [-0.39, 0.29) is 0 Å². The third-order valence-corrected chi connectivity index (χ3v) is 5.50. The Morgan fingerprint density at radius 1 is 1.23 bits per heavy atom. The number of para-hydroxylation sites is 2. The summed E-state index contributed by atoms with van der Waals surface area (Å²) in [5, 5.41) is 18.4. The van der Waals surface area contributed by atoms with Crippen molar-refractivity contribution in [1.29, 1.82) is 0 Å². The molecule has 6 heteroatoms. The van der Waals surface area contributed by atoms with E-state index in [1.54, 1.807) is 18.3 Å². The van der Waals surface area contributed by atoms with E-state index < -0.39 is 11.1 Å². The molecule has 2 aromatic rings. The van der Waals surface area contributed by atoms with Crippen molar-refractivity contribution in [1.82, 2.24) is 0 Å². The summed E-state index contributed by atoms with van der Waals surface area (Å²) >= 11 is 6.18. The normalized spacial score (nSPS) is 21.1. The molecule has 26 heavy (non-hydrogen) atoms. The zero-order chi connectivity index (χ0) is 19.1. The summed E-state index contributed by atoms with van der Waals surface area (Å²) < 4.78 is 5.39. The molecule has 0 saturated carbocycles. The number of rotatable bonds is 4. The zero-order valence-corrected chi connectivity index (χ0v) is 16.4. The third-order valence-electron chi connectivity index (χ3n) is 5.27. The summed E-state index contributed by atoms with van der Waals surface area (Å²) in [7, 11) is 5.30. The molecule has 3 rings (SSSR count). The van der Waals surface area contributed by atoms with E-state index in [0.717, 1.165) is 16.9 Å². The molecule has 1 aliphatic heterocycles. The van der Waals surface area contributed by atoms with Gasteiger partial charge in [-0.1, -0.05) is 37.6 Å². The molecule has 0 saturated heterocycles. The van der Waals surface area contributed by atoms with Crippen molar-refractivity contribution in [3.8, 4) is 5.75 Å². The van der Waals surface area contributed by atoms with Gasteiger partial charge in [0.1, 0.15) is 11.4 Å².